The van der Waals surface area contributed by atoms with Gasteiger partial charge in [-0.2, -0.15) is 5.10 Å². The molecule has 0 saturated heterocycles. The summed E-state index contributed by atoms with van der Waals surface area (Å²) in [5, 5.41) is 7.30. The van der Waals surface area contributed by atoms with Gasteiger partial charge in [-0.25, -0.2) is 4.98 Å². The maximum atomic E-state index is 12.6. The monoisotopic (exact) mass is 345 g/mol. The number of para-hydroxylation sites is 3. The molecular formula is C20H19N5O. The van der Waals surface area contributed by atoms with E-state index in [-0.39, 0.29) is 5.91 Å². The number of H-pyrrole nitrogens is 1. The van der Waals surface area contributed by atoms with E-state index in [9.17, 15) is 4.79 Å². The molecule has 0 bridgehead atoms. The van der Waals surface area contributed by atoms with E-state index < -0.39 is 0 Å². The number of amides is 1. The molecule has 0 atom stereocenters. The zero-order valence-corrected chi connectivity index (χ0v) is 14.7. The lowest BCUT2D eigenvalue weighted by Gasteiger charge is -2.08. The second-order valence-corrected chi connectivity index (χ2v) is 6.09. The molecule has 2 aromatic carbocycles. The summed E-state index contributed by atoms with van der Waals surface area (Å²) in [5.41, 5.74) is 4.75. The Balaban J connectivity index is 1.68. The Morgan fingerprint density at radius 1 is 1.15 bits per heavy atom. The van der Waals surface area contributed by atoms with Gasteiger partial charge in [0, 0.05) is 17.8 Å². The molecule has 2 heterocycles. The van der Waals surface area contributed by atoms with E-state index in [1.807, 2.05) is 62.4 Å². The molecule has 6 nitrogen and oxygen atoms in total. The van der Waals surface area contributed by atoms with Crippen LogP contribution in [0.2, 0.25) is 0 Å². The summed E-state index contributed by atoms with van der Waals surface area (Å²) in [6, 6.07) is 17.3. The molecule has 0 radical (unpaired) electrons. The molecule has 0 aliphatic carbocycles. The number of rotatable bonds is 4. The molecule has 1 amide bonds. The molecule has 0 saturated carbocycles. The second-order valence-electron chi connectivity index (χ2n) is 6.09. The lowest BCUT2D eigenvalue weighted by atomic mass is 10.1. The van der Waals surface area contributed by atoms with Crippen molar-refractivity contribution in [1.82, 2.24) is 19.7 Å². The second kappa shape index (κ2) is 6.48. The molecule has 0 spiro atoms. The van der Waals surface area contributed by atoms with E-state index in [4.69, 9.17) is 0 Å². The van der Waals surface area contributed by atoms with Gasteiger partial charge in [0.05, 0.1) is 16.7 Å². The van der Waals surface area contributed by atoms with Gasteiger partial charge in [0.15, 0.2) is 5.69 Å². The number of hydrogen-bond donors (Lipinski definition) is 2. The zero-order chi connectivity index (χ0) is 18.1. The van der Waals surface area contributed by atoms with Gasteiger partial charge in [-0.05, 0) is 44.2 Å². The minimum atomic E-state index is -0.233. The standard InChI is InChI=1S/C20H19N5O/c1-3-25-13(2)12-18(24-25)20(26)23-15-9-5-4-8-14(15)19-21-16-10-6-7-11-17(16)22-19/h4-12H,3H2,1-2H3,(H,21,22)(H,23,26). The number of fused-ring (bicyclic) bond motifs is 1. The number of benzene rings is 2. The van der Waals surface area contributed by atoms with Gasteiger partial charge < -0.3 is 10.3 Å². The fourth-order valence-corrected chi connectivity index (χ4v) is 3.01. The SMILES string of the molecule is CCn1nc(C(=O)Nc2ccccc2-c2nc3ccccc3[nH]2)cc1C. The van der Waals surface area contributed by atoms with E-state index in [0.29, 0.717) is 11.4 Å². The summed E-state index contributed by atoms with van der Waals surface area (Å²) in [4.78, 5) is 20.6. The van der Waals surface area contributed by atoms with Crippen LogP contribution in [0.5, 0.6) is 0 Å². The van der Waals surface area contributed by atoms with Crippen molar-refractivity contribution in [1.29, 1.82) is 0 Å². The smallest absolute Gasteiger partial charge is 0.276 e. The van der Waals surface area contributed by atoms with Crippen molar-refractivity contribution in [3.8, 4) is 11.4 Å². The lowest BCUT2D eigenvalue weighted by molar-refractivity contribution is 0.102. The van der Waals surface area contributed by atoms with Crippen LogP contribution in [0.3, 0.4) is 0 Å². The average Bonchev–Trinajstić information content (AvgIpc) is 3.25. The fraction of sp³-hybridized carbons (Fsp3) is 0.150. The minimum absolute atomic E-state index is 0.233. The fourth-order valence-electron chi connectivity index (χ4n) is 3.01. The summed E-state index contributed by atoms with van der Waals surface area (Å²) < 4.78 is 1.81. The highest BCUT2D eigenvalue weighted by Gasteiger charge is 2.15. The number of aryl methyl sites for hydroxylation is 2. The number of nitrogens with zero attached hydrogens (tertiary/aromatic N) is 3. The molecule has 4 aromatic rings. The van der Waals surface area contributed by atoms with Crippen molar-refractivity contribution in [3.05, 3.63) is 66.0 Å². The van der Waals surface area contributed by atoms with E-state index in [1.165, 1.54) is 0 Å². The van der Waals surface area contributed by atoms with Gasteiger partial charge in [0.1, 0.15) is 5.82 Å². The molecule has 4 rings (SSSR count). The van der Waals surface area contributed by atoms with Crippen LogP contribution < -0.4 is 5.32 Å². The number of imidazole rings is 1. The van der Waals surface area contributed by atoms with Crippen LogP contribution in [0.1, 0.15) is 23.1 Å². The number of aromatic nitrogens is 4. The minimum Gasteiger partial charge on any atom is -0.338 e. The Labute approximate surface area is 150 Å². The van der Waals surface area contributed by atoms with Crippen molar-refractivity contribution < 1.29 is 4.79 Å². The van der Waals surface area contributed by atoms with Crippen molar-refractivity contribution in [3.63, 3.8) is 0 Å². The summed E-state index contributed by atoms with van der Waals surface area (Å²) in [5.74, 6) is 0.487. The highest BCUT2D eigenvalue weighted by Crippen LogP contribution is 2.27. The Morgan fingerprint density at radius 2 is 1.92 bits per heavy atom. The number of nitrogens with one attached hydrogen (secondary N) is 2. The maximum absolute atomic E-state index is 12.6. The quantitative estimate of drug-likeness (QED) is 0.587. The first-order chi connectivity index (χ1) is 12.7. The van der Waals surface area contributed by atoms with Crippen LogP contribution in [0.4, 0.5) is 5.69 Å². The third-order valence-electron chi connectivity index (χ3n) is 4.33. The van der Waals surface area contributed by atoms with E-state index in [1.54, 1.807) is 10.7 Å². The molecule has 2 N–H and O–H groups in total. The highest BCUT2D eigenvalue weighted by atomic mass is 16.2. The molecule has 6 heteroatoms. The summed E-state index contributed by atoms with van der Waals surface area (Å²) >= 11 is 0. The number of anilines is 1. The Morgan fingerprint density at radius 3 is 2.69 bits per heavy atom. The van der Waals surface area contributed by atoms with Crippen LogP contribution in [-0.4, -0.2) is 25.7 Å². The van der Waals surface area contributed by atoms with E-state index in [2.05, 4.69) is 20.4 Å². The van der Waals surface area contributed by atoms with Crippen molar-refractivity contribution >= 4 is 22.6 Å². The largest absolute Gasteiger partial charge is 0.338 e. The average molecular weight is 345 g/mol. The van der Waals surface area contributed by atoms with Crippen LogP contribution in [0.25, 0.3) is 22.4 Å². The van der Waals surface area contributed by atoms with Crippen LogP contribution >= 0.6 is 0 Å². The third kappa shape index (κ3) is 2.86. The molecular weight excluding hydrogens is 326 g/mol. The molecule has 0 aliphatic rings. The summed E-state index contributed by atoms with van der Waals surface area (Å²) in [6.07, 6.45) is 0. The number of hydrogen-bond acceptors (Lipinski definition) is 3. The molecule has 0 aliphatic heterocycles. The van der Waals surface area contributed by atoms with Gasteiger partial charge in [-0.15, -0.1) is 0 Å². The maximum Gasteiger partial charge on any atom is 0.276 e. The third-order valence-corrected chi connectivity index (χ3v) is 4.33. The molecule has 130 valence electrons. The van der Waals surface area contributed by atoms with E-state index >= 15 is 0 Å². The van der Waals surface area contributed by atoms with Crippen molar-refractivity contribution in [2.45, 2.75) is 20.4 Å². The van der Waals surface area contributed by atoms with Gasteiger partial charge >= 0.3 is 0 Å². The normalized spacial score (nSPS) is 11.0. The Kier molecular flexibility index (Phi) is 4.01. The Bertz CT molecular complexity index is 1060. The number of carbonyl (C=O) groups excluding carboxylic acids is 1. The first-order valence-corrected chi connectivity index (χ1v) is 8.55. The number of aromatic amines is 1. The predicted molar refractivity (Wildman–Crippen MR) is 102 cm³/mol. The van der Waals surface area contributed by atoms with Crippen LogP contribution in [0.15, 0.2) is 54.6 Å². The van der Waals surface area contributed by atoms with E-state index in [0.717, 1.165) is 34.7 Å². The van der Waals surface area contributed by atoms with Gasteiger partial charge in [0.2, 0.25) is 0 Å². The van der Waals surface area contributed by atoms with Crippen molar-refractivity contribution in [2.24, 2.45) is 0 Å². The van der Waals surface area contributed by atoms with Crippen LogP contribution in [-0.2, 0) is 6.54 Å². The summed E-state index contributed by atoms with van der Waals surface area (Å²) in [6.45, 7) is 4.67. The van der Waals surface area contributed by atoms with Gasteiger partial charge in [-0.3, -0.25) is 9.48 Å². The topological polar surface area (TPSA) is 75.6 Å². The number of carbonyl (C=O) groups is 1. The highest BCUT2D eigenvalue weighted by molar-refractivity contribution is 6.05. The zero-order valence-electron chi connectivity index (χ0n) is 14.7. The summed E-state index contributed by atoms with van der Waals surface area (Å²) in [7, 11) is 0. The first kappa shape index (κ1) is 16.1. The molecule has 0 fully saturated rings. The lowest BCUT2D eigenvalue weighted by Crippen LogP contribution is -2.14. The Hall–Kier alpha value is -3.41. The molecule has 26 heavy (non-hydrogen) atoms. The predicted octanol–water partition coefficient (Wildman–Crippen LogP) is 4.01. The molecule has 0 unspecified atom stereocenters. The first-order valence-electron chi connectivity index (χ1n) is 8.55. The van der Waals surface area contributed by atoms with Gasteiger partial charge in [0.25, 0.3) is 5.91 Å². The molecule has 2 aromatic heterocycles. The van der Waals surface area contributed by atoms with Crippen LogP contribution in [0, 0.1) is 6.92 Å². The van der Waals surface area contributed by atoms with Gasteiger partial charge in [-0.1, -0.05) is 24.3 Å². The van der Waals surface area contributed by atoms with Crippen molar-refractivity contribution in [2.75, 3.05) is 5.32 Å².